The Balaban J connectivity index is 2.23. The van der Waals surface area contributed by atoms with Crippen molar-refractivity contribution in [3.63, 3.8) is 0 Å². The predicted molar refractivity (Wildman–Crippen MR) is 76.4 cm³/mol. The summed E-state index contributed by atoms with van der Waals surface area (Å²) in [6.45, 7) is 5.44. The first-order valence-corrected chi connectivity index (χ1v) is 6.67. The summed E-state index contributed by atoms with van der Waals surface area (Å²) in [6, 6.07) is 3.44. The van der Waals surface area contributed by atoms with Crippen LogP contribution in [0, 0.1) is 0 Å². The van der Waals surface area contributed by atoms with Gasteiger partial charge in [-0.3, -0.25) is 4.79 Å². The highest BCUT2D eigenvalue weighted by molar-refractivity contribution is 5.94. The Labute approximate surface area is 114 Å². The fourth-order valence-electron chi connectivity index (χ4n) is 1.56. The van der Waals surface area contributed by atoms with Crippen molar-refractivity contribution in [1.29, 1.82) is 0 Å². The number of nitrogens with one attached hydrogen (secondary N) is 2. The first kappa shape index (κ1) is 15.4. The van der Waals surface area contributed by atoms with Gasteiger partial charge >= 0.3 is 0 Å². The summed E-state index contributed by atoms with van der Waals surface area (Å²) < 4.78 is 5.43. The minimum atomic E-state index is -0.0660. The van der Waals surface area contributed by atoms with Crippen molar-refractivity contribution in [1.82, 2.24) is 10.3 Å². The molecule has 1 rings (SSSR count). The Morgan fingerprint density at radius 1 is 1.42 bits per heavy atom. The molecule has 1 heterocycles. The summed E-state index contributed by atoms with van der Waals surface area (Å²) in [5.41, 5.74) is 0.623. The summed E-state index contributed by atoms with van der Waals surface area (Å²) >= 11 is 0. The number of hydrogen-bond donors (Lipinski definition) is 2. The van der Waals surface area contributed by atoms with E-state index < -0.39 is 0 Å². The molecule has 0 spiro atoms. The fraction of sp³-hybridized carbons (Fsp3) is 0.571. The van der Waals surface area contributed by atoms with Gasteiger partial charge in [0.15, 0.2) is 0 Å². The van der Waals surface area contributed by atoms with E-state index in [1.807, 2.05) is 13.8 Å². The van der Waals surface area contributed by atoms with Crippen LogP contribution in [0.15, 0.2) is 18.3 Å². The second-order valence-corrected chi connectivity index (χ2v) is 4.56. The molecular formula is C14H23N3O2. The number of aromatic nitrogens is 1. The number of carbonyl (C=O) groups excluding carboxylic acids is 1. The van der Waals surface area contributed by atoms with E-state index in [1.165, 1.54) is 0 Å². The van der Waals surface area contributed by atoms with Crippen LogP contribution in [0.4, 0.5) is 5.82 Å². The standard InChI is InChI=1S/C14H23N3O2/c1-11(2)19-9-5-4-7-17-14(18)12-6-8-16-13(10-12)15-3/h6,8,10-11H,4-5,7,9H2,1-3H3,(H,15,16)(H,17,18). The molecule has 0 bridgehead atoms. The summed E-state index contributed by atoms with van der Waals surface area (Å²) in [4.78, 5) is 15.9. The van der Waals surface area contributed by atoms with Crippen LogP contribution in [-0.2, 0) is 4.74 Å². The van der Waals surface area contributed by atoms with E-state index in [0.29, 0.717) is 17.9 Å². The number of rotatable bonds is 8. The fourth-order valence-corrected chi connectivity index (χ4v) is 1.56. The molecule has 19 heavy (non-hydrogen) atoms. The van der Waals surface area contributed by atoms with E-state index in [2.05, 4.69) is 15.6 Å². The molecule has 0 saturated heterocycles. The van der Waals surface area contributed by atoms with Crippen LogP contribution >= 0.6 is 0 Å². The zero-order valence-corrected chi connectivity index (χ0v) is 11.9. The topological polar surface area (TPSA) is 63.2 Å². The molecule has 5 nitrogen and oxygen atoms in total. The highest BCUT2D eigenvalue weighted by Crippen LogP contribution is 2.05. The van der Waals surface area contributed by atoms with E-state index >= 15 is 0 Å². The van der Waals surface area contributed by atoms with E-state index in [1.54, 1.807) is 25.4 Å². The molecule has 0 atom stereocenters. The Kier molecular flexibility index (Phi) is 6.89. The second-order valence-electron chi connectivity index (χ2n) is 4.56. The Morgan fingerprint density at radius 3 is 2.89 bits per heavy atom. The molecule has 1 aromatic heterocycles. The molecular weight excluding hydrogens is 242 g/mol. The Morgan fingerprint density at radius 2 is 2.21 bits per heavy atom. The maximum absolute atomic E-state index is 11.9. The number of pyridine rings is 1. The van der Waals surface area contributed by atoms with Crippen molar-refractivity contribution in [2.75, 3.05) is 25.5 Å². The van der Waals surface area contributed by atoms with Crippen LogP contribution in [0.1, 0.15) is 37.0 Å². The second kappa shape index (κ2) is 8.48. The molecule has 0 aliphatic carbocycles. The molecule has 0 fully saturated rings. The molecule has 1 amide bonds. The largest absolute Gasteiger partial charge is 0.379 e. The van der Waals surface area contributed by atoms with Crippen LogP contribution < -0.4 is 10.6 Å². The molecule has 0 aliphatic rings. The highest BCUT2D eigenvalue weighted by atomic mass is 16.5. The molecule has 2 N–H and O–H groups in total. The normalized spacial score (nSPS) is 10.5. The minimum Gasteiger partial charge on any atom is -0.379 e. The Bertz CT molecular complexity index is 394. The lowest BCUT2D eigenvalue weighted by Gasteiger charge is -2.08. The number of ether oxygens (including phenoxy) is 1. The number of amides is 1. The molecule has 5 heteroatoms. The number of hydrogen-bond acceptors (Lipinski definition) is 4. The quantitative estimate of drug-likeness (QED) is 0.706. The van der Waals surface area contributed by atoms with E-state index in [9.17, 15) is 4.79 Å². The number of nitrogens with zero attached hydrogens (tertiary/aromatic N) is 1. The van der Waals surface area contributed by atoms with Crippen LogP contribution in [0.2, 0.25) is 0 Å². The van der Waals surface area contributed by atoms with Crippen molar-refractivity contribution in [3.8, 4) is 0 Å². The lowest BCUT2D eigenvalue weighted by atomic mass is 10.2. The van der Waals surface area contributed by atoms with E-state index in [4.69, 9.17) is 4.74 Å². The number of anilines is 1. The monoisotopic (exact) mass is 265 g/mol. The summed E-state index contributed by atoms with van der Waals surface area (Å²) in [5, 5.41) is 5.80. The zero-order chi connectivity index (χ0) is 14.1. The van der Waals surface area contributed by atoms with Gasteiger partial charge in [-0.15, -0.1) is 0 Å². The molecule has 106 valence electrons. The van der Waals surface area contributed by atoms with E-state index in [-0.39, 0.29) is 12.0 Å². The van der Waals surface area contributed by atoms with Crippen molar-refractivity contribution < 1.29 is 9.53 Å². The third-order valence-electron chi connectivity index (χ3n) is 2.59. The van der Waals surface area contributed by atoms with Gasteiger partial charge in [-0.25, -0.2) is 4.98 Å². The summed E-state index contributed by atoms with van der Waals surface area (Å²) in [6.07, 6.45) is 3.77. The highest BCUT2D eigenvalue weighted by Gasteiger charge is 2.05. The van der Waals surface area contributed by atoms with Gasteiger partial charge in [0.1, 0.15) is 5.82 Å². The van der Waals surface area contributed by atoms with Gasteiger partial charge in [-0.2, -0.15) is 0 Å². The maximum Gasteiger partial charge on any atom is 0.251 e. The first-order valence-electron chi connectivity index (χ1n) is 6.67. The summed E-state index contributed by atoms with van der Waals surface area (Å²) in [7, 11) is 1.78. The van der Waals surface area contributed by atoms with E-state index in [0.717, 1.165) is 19.4 Å². The molecule has 0 aliphatic heterocycles. The first-order chi connectivity index (χ1) is 9.13. The van der Waals surface area contributed by atoms with Crippen LogP contribution in [0.3, 0.4) is 0 Å². The van der Waals surface area contributed by atoms with Gasteiger partial charge in [0.05, 0.1) is 6.10 Å². The number of unbranched alkanes of at least 4 members (excludes halogenated alkanes) is 1. The van der Waals surface area contributed by atoms with Gasteiger partial charge in [-0.05, 0) is 38.8 Å². The summed E-state index contributed by atoms with van der Waals surface area (Å²) in [5.74, 6) is 0.627. The predicted octanol–water partition coefficient (Wildman–Crippen LogP) is 2.06. The molecule has 0 saturated carbocycles. The van der Waals surface area contributed by atoms with Crippen LogP contribution in [0.25, 0.3) is 0 Å². The van der Waals surface area contributed by atoms with Gasteiger partial charge in [0, 0.05) is 32.0 Å². The van der Waals surface area contributed by atoms with Gasteiger partial charge in [0.25, 0.3) is 5.91 Å². The molecule has 0 radical (unpaired) electrons. The lowest BCUT2D eigenvalue weighted by molar-refractivity contribution is 0.0754. The average Bonchev–Trinajstić information content (AvgIpc) is 2.42. The molecule has 1 aromatic rings. The number of carbonyl (C=O) groups is 1. The van der Waals surface area contributed by atoms with Crippen LogP contribution in [-0.4, -0.2) is 37.2 Å². The smallest absolute Gasteiger partial charge is 0.251 e. The third-order valence-corrected chi connectivity index (χ3v) is 2.59. The van der Waals surface area contributed by atoms with Gasteiger partial charge in [-0.1, -0.05) is 0 Å². The van der Waals surface area contributed by atoms with Gasteiger partial charge in [0.2, 0.25) is 0 Å². The van der Waals surface area contributed by atoms with Crippen molar-refractivity contribution in [2.24, 2.45) is 0 Å². The maximum atomic E-state index is 11.9. The minimum absolute atomic E-state index is 0.0660. The van der Waals surface area contributed by atoms with Crippen molar-refractivity contribution in [2.45, 2.75) is 32.8 Å². The molecule has 0 aromatic carbocycles. The Hall–Kier alpha value is -1.62. The van der Waals surface area contributed by atoms with Crippen molar-refractivity contribution in [3.05, 3.63) is 23.9 Å². The molecule has 0 unspecified atom stereocenters. The zero-order valence-electron chi connectivity index (χ0n) is 11.9. The van der Waals surface area contributed by atoms with Crippen LogP contribution in [0.5, 0.6) is 0 Å². The van der Waals surface area contributed by atoms with Gasteiger partial charge < -0.3 is 15.4 Å². The lowest BCUT2D eigenvalue weighted by Crippen LogP contribution is -2.24. The third kappa shape index (κ3) is 6.20. The SMILES string of the molecule is CNc1cc(C(=O)NCCCCOC(C)C)ccn1. The van der Waals surface area contributed by atoms with Crippen molar-refractivity contribution >= 4 is 11.7 Å². The average molecular weight is 265 g/mol.